The van der Waals surface area contributed by atoms with Gasteiger partial charge in [-0.05, 0) is 40.7 Å². The van der Waals surface area contributed by atoms with Crippen molar-refractivity contribution in [3.05, 3.63) is 11.5 Å². The molecule has 1 aromatic rings. The Hall–Kier alpha value is -0.920. The Kier molecular flexibility index (Phi) is 4.51. The van der Waals surface area contributed by atoms with Crippen molar-refractivity contribution in [3.63, 3.8) is 0 Å². The molecule has 1 saturated heterocycles. The molecule has 1 aliphatic heterocycles. The molecule has 0 unspecified atom stereocenters. The summed E-state index contributed by atoms with van der Waals surface area (Å²) in [6.07, 6.45) is 0.848. The van der Waals surface area contributed by atoms with E-state index in [4.69, 9.17) is 4.52 Å². The molecule has 0 N–H and O–H groups in total. The molecular weight excluding hydrogens is 278 g/mol. The van der Waals surface area contributed by atoms with Crippen molar-refractivity contribution in [1.29, 1.82) is 0 Å². The average Bonchev–Trinajstić information content (AvgIpc) is 2.60. The quantitative estimate of drug-likeness (QED) is 0.844. The number of hydrogen-bond acceptors (Lipinski definition) is 5. The maximum Gasteiger partial charge on any atom is 0.248 e. The summed E-state index contributed by atoms with van der Waals surface area (Å²) < 4.78 is 32.0. The van der Waals surface area contributed by atoms with Crippen LogP contribution in [0.1, 0.15) is 31.7 Å². The van der Waals surface area contributed by atoms with Crippen molar-refractivity contribution in [2.24, 2.45) is 0 Å². The minimum Gasteiger partial charge on any atom is -0.360 e. The average molecular weight is 301 g/mol. The molecule has 7 heteroatoms. The van der Waals surface area contributed by atoms with E-state index in [2.05, 4.69) is 23.9 Å². The molecule has 0 amide bonds. The van der Waals surface area contributed by atoms with Crippen LogP contribution in [0.5, 0.6) is 0 Å². The minimum atomic E-state index is -3.50. The standard InChI is InChI=1S/C13H23N3O3S/c1-10(2)15-6-5-7-16(9-8-15)20(17,18)13-11(3)14-19-12(13)4/h10H,5-9H2,1-4H3. The molecule has 0 spiro atoms. The van der Waals surface area contributed by atoms with Gasteiger partial charge >= 0.3 is 0 Å². The Morgan fingerprint density at radius 3 is 2.40 bits per heavy atom. The lowest BCUT2D eigenvalue weighted by atomic mass is 10.3. The highest BCUT2D eigenvalue weighted by molar-refractivity contribution is 7.89. The van der Waals surface area contributed by atoms with Gasteiger partial charge in [-0.3, -0.25) is 4.90 Å². The van der Waals surface area contributed by atoms with Crippen molar-refractivity contribution >= 4 is 10.0 Å². The van der Waals surface area contributed by atoms with Crippen LogP contribution >= 0.6 is 0 Å². The molecule has 0 radical (unpaired) electrons. The largest absolute Gasteiger partial charge is 0.360 e. The molecule has 6 nitrogen and oxygen atoms in total. The zero-order valence-electron chi connectivity index (χ0n) is 12.6. The second-order valence-corrected chi connectivity index (χ2v) is 7.42. The molecule has 114 valence electrons. The maximum absolute atomic E-state index is 12.7. The van der Waals surface area contributed by atoms with Gasteiger partial charge in [0.25, 0.3) is 0 Å². The van der Waals surface area contributed by atoms with Crippen LogP contribution in [0.15, 0.2) is 9.42 Å². The van der Waals surface area contributed by atoms with E-state index < -0.39 is 10.0 Å². The molecule has 2 heterocycles. The third-order valence-electron chi connectivity index (χ3n) is 3.79. The van der Waals surface area contributed by atoms with E-state index in [-0.39, 0.29) is 4.90 Å². The van der Waals surface area contributed by atoms with E-state index in [1.807, 2.05) is 0 Å². The van der Waals surface area contributed by atoms with Gasteiger partial charge in [0.2, 0.25) is 10.0 Å². The van der Waals surface area contributed by atoms with Crippen molar-refractivity contribution in [3.8, 4) is 0 Å². The monoisotopic (exact) mass is 301 g/mol. The van der Waals surface area contributed by atoms with Crippen LogP contribution in [0.25, 0.3) is 0 Å². The lowest BCUT2D eigenvalue weighted by Crippen LogP contribution is -2.37. The van der Waals surface area contributed by atoms with Gasteiger partial charge in [-0.25, -0.2) is 8.42 Å². The van der Waals surface area contributed by atoms with Crippen LogP contribution in [0.3, 0.4) is 0 Å². The van der Waals surface area contributed by atoms with Gasteiger partial charge in [0.15, 0.2) is 5.76 Å². The van der Waals surface area contributed by atoms with Crippen LogP contribution in [0, 0.1) is 13.8 Å². The highest BCUT2D eigenvalue weighted by Gasteiger charge is 2.32. The van der Waals surface area contributed by atoms with Gasteiger partial charge in [0.1, 0.15) is 10.6 Å². The lowest BCUT2D eigenvalue weighted by Gasteiger charge is -2.24. The van der Waals surface area contributed by atoms with E-state index in [1.54, 1.807) is 18.2 Å². The number of hydrogen-bond donors (Lipinski definition) is 0. The first-order chi connectivity index (χ1) is 9.34. The molecule has 0 atom stereocenters. The Balaban J connectivity index is 2.23. The molecule has 1 aliphatic rings. The van der Waals surface area contributed by atoms with E-state index in [1.165, 1.54) is 0 Å². The number of sulfonamides is 1. The molecule has 0 aromatic carbocycles. The van der Waals surface area contributed by atoms with Crippen LogP contribution in [-0.4, -0.2) is 55.0 Å². The molecule has 0 saturated carbocycles. The number of nitrogens with zero attached hydrogens (tertiary/aromatic N) is 3. The summed E-state index contributed by atoms with van der Waals surface area (Å²) in [5, 5.41) is 3.75. The van der Waals surface area contributed by atoms with Gasteiger partial charge in [0, 0.05) is 25.7 Å². The summed E-state index contributed by atoms with van der Waals surface area (Å²) in [6, 6.07) is 0.441. The van der Waals surface area contributed by atoms with Crippen molar-refractivity contribution < 1.29 is 12.9 Å². The van der Waals surface area contributed by atoms with E-state index in [0.29, 0.717) is 30.6 Å². The van der Waals surface area contributed by atoms with E-state index in [9.17, 15) is 8.42 Å². The van der Waals surface area contributed by atoms with Gasteiger partial charge in [-0.15, -0.1) is 0 Å². The molecule has 1 aromatic heterocycles. The van der Waals surface area contributed by atoms with Crippen LogP contribution in [0.2, 0.25) is 0 Å². The zero-order valence-corrected chi connectivity index (χ0v) is 13.4. The van der Waals surface area contributed by atoms with Gasteiger partial charge < -0.3 is 4.52 Å². The molecule has 20 heavy (non-hydrogen) atoms. The zero-order chi connectivity index (χ0) is 14.9. The summed E-state index contributed by atoms with van der Waals surface area (Å²) in [4.78, 5) is 2.54. The van der Waals surface area contributed by atoms with Crippen molar-refractivity contribution in [2.75, 3.05) is 26.2 Å². The van der Waals surface area contributed by atoms with Crippen LogP contribution in [-0.2, 0) is 10.0 Å². The fraction of sp³-hybridized carbons (Fsp3) is 0.769. The lowest BCUT2D eigenvalue weighted by molar-refractivity contribution is 0.233. The molecule has 0 bridgehead atoms. The second kappa shape index (κ2) is 5.83. The van der Waals surface area contributed by atoms with Crippen LogP contribution in [0.4, 0.5) is 0 Å². The molecular formula is C13H23N3O3S. The van der Waals surface area contributed by atoms with E-state index >= 15 is 0 Å². The normalized spacial score (nSPS) is 19.4. The highest BCUT2D eigenvalue weighted by atomic mass is 32.2. The Bertz CT molecular complexity index is 546. The first-order valence-electron chi connectivity index (χ1n) is 7.01. The Morgan fingerprint density at radius 1 is 1.15 bits per heavy atom. The third kappa shape index (κ3) is 2.89. The second-order valence-electron chi connectivity index (χ2n) is 5.54. The molecule has 2 rings (SSSR count). The minimum absolute atomic E-state index is 0.232. The predicted octanol–water partition coefficient (Wildman–Crippen LogP) is 1.40. The number of aryl methyl sites for hydroxylation is 2. The SMILES string of the molecule is Cc1noc(C)c1S(=O)(=O)N1CCCN(C(C)C)CC1. The van der Waals surface area contributed by atoms with Crippen molar-refractivity contribution in [1.82, 2.24) is 14.4 Å². The summed E-state index contributed by atoms with van der Waals surface area (Å²) in [5.74, 6) is 0.368. The van der Waals surface area contributed by atoms with Gasteiger partial charge in [-0.2, -0.15) is 4.31 Å². The summed E-state index contributed by atoms with van der Waals surface area (Å²) in [5.41, 5.74) is 0.437. The summed E-state index contributed by atoms with van der Waals surface area (Å²) in [6.45, 7) is 10.4. The Morgan fingerprint density at radius 2 is 1.85 bits per heavy atom. The fourth-order valence-corrected chi connectivity index (χ4v) is 4.40. The predicted molar refractivity (Wildman–Crippen MR) is 76.1 cm³/mol. The molecule has 0 aliphatic carbocycles. The fourth-order valence-electron chi connectivity index (χ4n) is 2.64. The maximum atomic E-state index is 12.7. The first kappa shape index (κ1) is 15.5. The summed E-state index contributed by atoms with van der Waals surface area (Å²) in [7, 11) is -3.50. The number of aromatic nitrogens is 1. The van der Waals surface area contributed by atoms with Crippen LogP contribution < -0.4 is 0 Å². The summed E-state index contributed by atoms with van der Waals surface area (Å²) >= 11 is 0. The molecule has 1 fully saturated rings. The third-order valence-corrected chi connectivity index (χ3v) is 5.93. The van der Waals surface area contributed by atoms with Gasteiger partial charge in [-0.1, -0.05) is 5.16 Å². The Labute approximate surface area is 120 Å². The number of rotatable bonds is 3. The highest BCUT2D eigenvalue weighted by Crippen LogP contribution is 2.24. The van der Waals surface area contributed by atoms with Crippen molar-refractivity contribution in [2.45, 2.75) is 45.1 Å². The van der Waals surface area contributed by atoms with Gasteiger partial charge in [0.05, 0.1) is 0 Å². The van der Waals surface area contributed by atoms with E-state index in [0.717, 1.165) is 19.5 Å². The first-order valence-corrected chi connectivity index (χ1v) is 8.45. The topological polar surface area (TPSA) is 66.7 Å². The smallest absolute Gasteiger partial charge is 0.248 e.